The van der Waals surface area contributed by atoms with Gasteiger partial charge in [0.15, 0.2) is 0 Å². The lowest BCUT2D eigenvalue weighted by molar-refractivity contribution is -0.115. The largest absolute Gasteiger partial charge is 0.478 e. The molecule has 0 aliphatic heterocycles. The van der Waals surface area contributed by atoms with Gasteiger partial charge in [0.25, 0.3) is 0 Å². The van der Waals surface area contributed by atoms with Crippen molar-refractivity contribution in [2.75, 3.05) is 5.32 Å². The summed E-state index contributed by atoms with van der Waals surface area (Å²) in [6.45, 7) is 6.73. The molecule has 1 heterocycles. The van der Waals surface area contributed by atoms with E-state index in [1.807, 2.05) is 47.9 Å². The number of hydrogen-bond donors (Lipinski definition) is 2. The van der Waals surface area contributed by atoms with Crippen molar-refractivity contribution >= 4 is 28.6 Å². The van der Waals surface area contributed by atoms with E-state index in [4.69, 9.17) is 10.1 Å². The van der Waals surface area contributed by atoms with Crippen LogP contribution in [0.1, 0.15) is 52.6 Å². The van der Waals surface area contributed by atoms with Crippen LogP contribution in [0.25, 0.3) is 11.0 Å². The molecule has 0 saturated heterocycles. The average molecular weight is 442 g/mol. The molecule has 0 radical (unpaired) electrons. The van der Waals surface area contributed by atoms with Crippen LogP contribution in [-0.2, 0) is 17.8 Å². The number of benzene rings is 3. The summed E-state index contributed by atoms with van der Waals surface area (Å²) in [6.07, 6.45) is 0.132. The zero-order valence-corrected chi connectivity index (χ0v) is 19.0. The molecule has 0 bridgehead atoms. The molecular formula is C27H27N3O3. The highest BCUT2D eigenvalue weighted by molar-refractivity contribution is 5.93. The molecule has 0 saturated carbocycles. The van der Waals surface area contributed by atoms with Crippen LogP contribution in [0.4, 0.5) is 5.69 Å². The molecule has 4 aromatic rings. The SMILES string of the molecule is Cc1ccc(C(C)C)cc1NC(=O)Cc1nc2ccccc2n1Cc1ccc(C(=O)O)cc1. The number of aryl methyl sites for hydroxylation is 1. The fourth-order valence-corrected chi connectivity index (χ4v) is 3.84. The summed E-state index contributed by atoms with van der Waals surface area (Å²) in [6, 6.07) is 20.7. The number of carbonyl (C=O) groups is 2. The quantitative estimate of drug-likeness (QED) is 0.402. The number of imidazole rings is 1. The van der Waals surface area contributed by atoms with Crippen molar-refractivity contribution < 1.29 is 14.7 Å². The molecule has 0 unspecified atom stereocenters. The van der Waals surface area contributed by atoms with Crippen LogP contribution in [-0.4, -0.2) is 26.5 Å². The van der Waals surface area contributed by atoms with E-state index in [9.17, 15) is 9.59 Å². The van der Waals surface area contributed by atoms with Gasteiger partial charge < -0.3 is 15.0 Å². The normalized spacial score (nSPS) is 11.2. The summed E-state index contributed by atoms with van der Waals surface area (Å²) < 4.78 is 2.02. The van der Waals surface area contributed by atoms with Gasteiger partial charge in [0.2, 0.25) is 5.91 Å². The predicted octanol–water partition coefficient (Wildman–Crippen LogP) is 5.40. The highest BCUT2D eigenvalue weighted by atomic mass is 16.4. The first-order valence-electron chi connectivity index (χ1n) is 11.0. The number of nitrogens with one attached hydrogen (secondary N) is 1. The van der Waals surface area contributed by atoms with Crippen LogP contribution < -0.4 is 5.32 Å². The second-order valence-electron chi connectivity index (χ2n) is 8.56. The summed E-state index contributed by atoms with van der Waals surface area (Å²) in [7, 11) is 0. The first-order valence-corrected chi connectivity index (χ1v) is 11.0. The summed E-state index contributed by atoms with van der Waals surface area (Å²) >= 11 is 0. The molecule has 6 heteroatoms. The molecule has 3 aromatic carbocycles. The third-order valence-electron chi connectivity index (χ3n) is 5.80. The van der Waals surface area contributed by atoms with Crippen molar-refractivity contribution in [3.63, 3.8) is 0 Å². The maximum Gasteiger partial charge on any atom is 0.335 e. The van der Waals surface area contributed by atoms with E-state index in [0.29, 0.717) is 18.3 Å². The van der Waals surface area contributed by atoms with Gasteiger partial charge in [0.05, 0.1) is 23.0 Å². The molecule has 4 rings (SSSR count). The summed E-state index contributed by atoms with van der Waals surface area (Å²) in [5.41, 5.74) is 5.94. The van der Waals surface area contributed by atoms with Gasteiger partial charge in [-0.3, -0.25) is 4.79 Å². The number of aromatic nitrogens is 2. The Balaban J connectivity index is 1.61. The Labute approximate surface area is 192 Å². The molecule has 0 spiro atoms. The fraction of sp³-hybridized carbons (Fsp3) is 0.222. The van der Waals surface area contributed by atoms with Crippen LogP contribution in [0.15, 0.2) is 66.7 Å². The van der Waals surface area contributed by atoms with E-state index in [1.54, 1.807) is 24.3 Å². The molecule has 2 N–H and O–H groups in total. The van der Waals surface area contributed by atoms with Crippen molar-refractivity contribution in [2.24, 2.45) is 0 Å². The molecule has 33 heavy (non-hydrogen) atoms. The Morgan fingerprint density at radius 3 is 2.45 bits per heavy atom. The summed E-state index contributed by atoms with van der Waals surface area (Å²) in [4.78, 5) is 28.9. The van der Waals surface area contributed by atoms with E-state index in [-0.39, 0.29) is 17.9 Å². The smallest absolute Gasteiger partial charge is 0.335 e. The number of nitrogens with zero attached hydrogens (tertiary/aromatic N) is 2. The van der Waals surface area contributed by atoms with Crippen LogP contribution in [0.3, 0.4) is 0 Å². The Bertz CT molecular complexity index is 1320. The summed E-state index contributed by atoms with van der Waals surface area (Å²) in [5, 5.41) is 12.2. The molecule has 0 aliphatic rings. The molecule has 0 fully saturated rings. The van der Waals surface area contributed by atoms with E-state index in [2.05, 4.69) is 25.2 Å². The second kappa shape index (κ2) is 9.28. The Morgan fingerprint density at radius 2 is 1.76 bits per heavy atom. The lowest BCUT2D eigenvalue weighted by Crippen LogP contribution is -2.18. The number of hydrogen-bond acceptors (Lipinski definition) is 3. The maximum absolute atomic E-state index is 13.0. The monoisotopic (exact) mass is 441 g/mol. The van der Waals surface area contributed by atoms with E-state index in [1.165, 1.54) is 5.56 Å². The summed E-state index contributed by atoms with van der Waals surface area (Å²) in [5.74, 6) is -0.0488. The number of carboxylic acids is 1. The first-order chi connectivity index (χ1) is 15.8. The van der Waals surface area contributed by atoms with Crippen LogP contribution in [0.2, 0.25) is 0 Å². The van der Waals surface area contributed by atoms with Gasteiger partial charge in [-0.05, 0) is 59.9 Å². The minimum Gasteiger partial charge on any atom is -0.478 e. The minimum atomic E-state index is -0.955. The first kappa shape index (κ1) is 22.3. The van der Waals surface area contributed by atoms with Crippen molar-refractivity contribution in [3.05, 3.63) is 94.8 Å². The Morgan fingerprint density at radius 1 is 1.03 bits per heavy atom. The molecule has 0 aliphatic carbocycles. The zero-order valence-electron chi connectivity index (χ0n) is 19.0. The highest BCUT2D eigenvalue weighted by Crippen LogP contribution is 2.23. The number of rotatable bonds is 7. The standard InChI is InChI=1S/C27H27N3O3/c1-17(2)21-11-8-18(3)23(14-21)29-26(31)15-25-28-22-6-4-5-7-24(22)30(25)16-19-9-12-20(13-10-19)27(32)33/h4-14,17H,15-16H2,1-3H3,(H,29,31)(H,32,33). The van der Waals surface area contributed by atoms with Crippen LogP contribution in [0, 0.1) is 6.92 Å². The molecule has 6 nitrogen and oxygen atoms in total. The third-order valence-corrected chi connectivity index (χ3v) is 5.80. The number of para-hydroxylation sites is 2. The van der Waals surface area contributed by atoms with Crippen molar-refractivity contribution in [3.8, 4) is 0 Å². The number of amides is 1. The van der Waals surface area contributed by atoms with Gasteiger partial charge >= 0.3 is 5.97 Å². The molecule has 168 valence electrons. The molecule has 1 aromatic heterocycles. The topological polar surface area (TPSA) is 84.2 Å². The van der Waals surface area contributed by atoms with Crippen molar-refractivity contribution in [1.29, 1.82) is 0 Å². The van der Waals surface area contributed by atoms with Gasteiger partial charge in [0, 0.05) is 12.2 Å². The lowest BCUT2D eigenvalue weighted by Gasteiger charge is -2.13. The van der Waals surface area contributed by atoms with Crippen molar-refractivity contribution in [2.45, 2.75) is 39.7 Å². The number of anilines is 1. The van der Waals surface area contributed by atoms with E-state index < -0.39 is 5.97 Å². The van der Waals surface area contributed by atoms with Gasteiger partial charge in [-0.15, -0.1) is 0 Å². The Hall–Kier alpha value is -3.93. The Kier molecular flexibility index (Phi) is 6.27. The van der Waals surface area contributed by atoms with Gasteiger partial charge in [-0.1, -0.05) is 50.2 Å². The van der Waals surface area contributed by atoms with Crippen molar-refractivity contribution in [1.82, 2.24) is 9.55 Å². The number of carboxylic acid groups (broad SMARTS) is 1. The van der Waals surface area contributed by atoms with Gasteiger partial charge in [0.1, 0.15) is 5.82 Å². The number of aromatic carboxylic acids is 1. The predicted molar refractivity (Wildman–Crippen MR) is 130 cm³/mol. The zero-order chi connectivity index (χ0) is 23.5. The average Bonchev–Trinajstić information content (AvgIpc) is 3.12. The van der Waals surface area contributed by atoms with E-state index >= 15 is 0 Å². The third kappa shape index (κ3) is 4.95. The number of fused-ring (bicyclic) bond motifs is 1. The fourth-order valence-electron chi connectivity index (χ4n) is 3.84. The second-order valence-corrected chi connectivity index (χ2v) is 8.56. The van der Waals surface area contributed by atoms with Crippen LogP contribution >= 0.6 is 0 Å². The van der Waals surface area contributed by atoms with Gasteiger partial charge in [-0.25, -0.2) is 9.78 Å². The lowest BCUT2D eigenvalue weighted by atomic mass is 10.0. The maximum atomic E-state index is 13.0. The molecular weight excluding hydrogens is 414 g/mol. The highest BCUT2D eigenvalue weighted by Gasteiger charge is 2.16. The van der Waals surface area contributed by atoms with Crippen LogP contribution in [0.5, 0.6) is 0 Å². The minimum absolute atomic E-state index is 0.128. The van der Waals surface area contributed by atoms with E-state index in [0.717, 1.165) is 27.8 Å². The van der Waals surface area contributed by atoms with Gasteiger partial charge in [-0.2, -0.15) is 0 Å². The molecule has 1 amide bonds. The number of carbonyl (C=O) groups excluding carboxylic acids is 1. The molecule has 0 atom stereocenters.